The molecule has 1 heterocycles. The summed E-state index contributed by atoms with van der Waals surface area (Å²) in [6.07, 6.45) is 0. The summed E-state index contributed by atoms with van der Waals surface area (Å²) in [6, 6.07) is 27.2. The highest BCUT2D eigenvalue weighted by molar-refractivity contribution is 5.71. The number of nitrogens with zero attached hydrogens (tertiary/aromatic N) is 1. The van der Waals surface area contributed by atoms with Crippen LogP contribution in [0.3, 0.4) is 0 Å². The molecule has 2 nitrogen and oxygen atoms in total. The summed E-state index contributed by atoms with van der Waals surface area (Å²) in [5.41, 5.74) is 4.51. The third kappa shape index (κ3) is 2.44. The summed E-state index contributed by atoms with van der Waals surface area (Å²) in [7, 11) is 0. The summed E-state index contributed by atoms with van der Waals surface area (Å²) in [5.74, 6) is 0. The van der Waals surface area contributed by atoms with E-state index in [1.807, 2.05) is 36.4 Å². The molecule has 0 unspecified atom stereocenters. The zero-order chi connectivity index (χ0) is 20.2. The summed E-state index contributed by atoms with van der Waals surface area (Å²) in [6.45, 7) is 11.2. The Bertz CT molecular complexity index is 944. The maximum atomic E-state index is 11.7. The van der Waals surface area contributed by atoms with E-state index in [9.17, 15) is 5.21 Å². The van der Waals surface area contributed by atoms with Gasteiger partial charge in [0.2, 0.25) is 0 Å². The molecule has 1 aliphatic rings. The summed E-state index contributed by atoms with van der Waals surface area (Å²) >= 11 is 0. The van der Waals surface area contributed by atoms with E-state index in [0.29, 0.717) is 0 Å². The zero-order valence-corrected chi connectivity index (χ0v) is 17.4. The average molecular weight is 372 g/mol. The first kappa shape index (κ1) is 18.8. The van der Waals surface area contributed by atoms with Crippen LogP contribution < -0.4 is 5.06 Å². The molecule has 28 heavy (non-hydrogen) atoms. The van der Waals surface area contributed by atoms with Gasteiger partial charge in [-0.25, -0.2) is 5.06 Å². The molecule has 0 spiro atoms. The van der Waals surface area contributed by atoms with Gasteiger partial charge in [0.15, 0.2) is 0 Å². The van der Waals surface area contributed by atoms with Gasteiger partial charge in [-0.1, -0.05) is 107 Å². The van der Waals surface area contributed by atoms with Crippen molar-refractivity contribution in [3.63, 3.8) is 0 Å². The van der Waals surface area contributed by atoms with Crippen molar-refractivity contribution in [3.05, 3.63) is 101 Å². The second-order valence-corrected chi connectivity index (χ2v) is 9.36. The molecule has 0 atom stereocenters. The fourth-order valence-corrected chi connectivity index (χ4v) is 4.82. The normalized spacial score (nSPS) is 17.4. The SMILES string of the molecule is CC(C)(C)c1ccc2c(c1)C(C)(C)C(c1ccccc1)(c1ccccc1)N2O. The van der Waals surface area contributed by atoms with Gasteiger partial charge in [0.05, 0.1) is 5.69 Å². The van der Waals surface area contributed by atoms with E-state index >= 15 is 0 Å². The third-order valence-corrected chi connectivity index (χ3v) is 6.37. The lowest BCUT2D eigenvalue weighted by atomic mass is 9.63. The summed E-state index contributed by atoms with van der Waals surface area (Å²) in [5, 5.41) is 13.2. The van der Waals surface area contributed by atoms with Gasteiger partial charge >= 0.3 is 0 Å². The highest BCUT2D eigenvalue weighted by Crippen LogP contribution is 2.59. The molecule has 0 amide bonds. The predicted octanol–water partition coefficient (Wildman–Crippen LogP) is 6.41. The number of hydroxylamine groups is 1. The quantitative estimate of drug-likeness (QED) is 0.562. The highest BCUT2D eigenvalue weighted by atomic mass is 16.5. The van der Waals surface area contributed by atoms with E-state index in [1.54, 1.807) is 0 Å². The largest absolute Gasteiger partial charge is 0.287 e. The molecule has 0 radical (unpaired) electrons. The van der Waals surface area contributed by atoms with Crippen molar-refractivity contribution in [3.8, 4) is 0 Å². The average Bonchev–Trinajstić information content (AvgIpc) is 2.86. The molecule has 2 heteroatoms. The Hall–Kier alpha value is -2.58. The summed E-state index contributed by atoms with van der Waals surface area (Å²) in [4.78, 5) is 0. The van der Waals surface area contributed by atoms with Gasteiger partial charge in [-0.05, 0) is 33.7 Å². The standard InChI is InChI=1S/C26H29NO/c1-24(2,3)21-16-17-23-22(18-21)25(4,5)26(27(23)28,19-12-8-6-9-13-19)20-14-10-7-11-15-20/h6-18,28H,1-5H3. The Balaban J connectivity index is 2.05. The van der Waals surface area contributed by atoms with Crippen molar-refractivity contribution >= 4 is 5.69 Å². The molecule has 0 fully saturated rings. The molecule has 3 aromatic rings. The van der Waals surface area contributed by atoms with Crippen molar-refractivity contribution in [1.29, 1.82) is 0 Å². The minimum atomic E-state index is -0.700. The molecule has 3 aromatic carbocycles. The molecule has 0 saturated heterocycles. The van der Waals surface area contributed by atoms with Gasteiger partial charge < -0.3 is 0 Å². The zero-order valence-electron chi connectivity index (χ0n) is 17.4. The molecule has 144 valence electrons. The molecular formula is C26H29NO. The maximum Gasteiger partial charge on any atom is 0.126 e. The maximum absolute atomic E-state index is 11.7. The molecule has 1 aliphatic heterocycles. The number of benzene rings is 3. The van der Waals surface area contributed by atoms with E-state index in [0.717, 1.165) is 16.8 Å². The van der Waals surface area contributed by atoms with Gasteiger partial charge in [0.25, 0.3) is 0 Å². The van der Waals surface area contributed by atoms with Gasteiger partial charge in [-0.3, -0.25) is 5.21 Å². The first-order chi connectivity index (χ1) is 13.2. The van der Waals surface area contributed by atoms with Crippen LogP contribution in [0.1, 0.15) is 56.9 Å². The van der Waals surface area contributed by atoms with Crippen LogP contribution in [-0.4, -0.2) is 5.21 Å². The Labute approximate surface area is 168 Å². The van der Waals surface area contributed by atoms with Crippen molar-refractivity contribution in [2.45, 2.75) is 51.0 Å². The van der Waals surface area contributed by atoms with Gasteiger partial charge in [-0.2, -0.15) is 0 Å². The van der Waals surface area contributed by atoms with Crippen LogP contribution in [0.15, 0.2) is 78.9 Å². The van der Waals surface area contributed by atoms with Crippen molar-refractivity contribution in [2.75, 3.05) is 5.06 Å². The number of anilines is 1. The van der Waals surface area contributed by atoms with E-state index in [4.69, 9.17) is 0 Å². The van der Waals surface area contributed by atoms with E-state index < -0.39 is 5.54 Å². The topological polar surface area (TPSA) is 23.5 Å². The third-order valence-electron chi connectivity index (χ3n) is 6.37. The fourth-order valence-electron chi connectivity index (χ4n) is 4.82. The van der Waals surface area contributed by atoms with Crippen LogP contribution in [0, 0.1) is 0 Å². The molecular weight excluding hydrogens is 342 g/mol. The second kappa shape index (κ2) is 6.22. The van der Waals surface area contributed by atoms with Gasteiger partial charge in [-0.15, -0.1) is 0 Å². The number of hydrogen-bond acceptors (Lipinski definition) is 2. The molecule has 4 rings (SSSR count). The lowest BCUT2D eigenvalue weighted by Crippen LogP contribution is -2.52. The van der Waals surface area contributed by atoms with Crippen LogP contribution in [0.2, 0.25) is 0 Å². The first-order valence-corrected chi connectivity index (χ1v) is 9.96. The first-order valence-electron chi connectivity index (χ1n) is 9.96. The van der Waals surface area contributed by atoms with Gasteiger partial charge in [0.1, 0.15) is 5.54 Å². The fraction of sp³-hybridized carbons (Fsp3) is 0.308. The monoisotopic (exact) mass is 371 g/mol. The predicted molar refractivity (Wildman–Crippen MR) is 116 cm³/mol. The lowest BCUT2D eigenvalue weighted by molar-refractivity contribution is 0.141. The minimum absolute atomic E-state index is 0.0517. The second-order valence-electron chi connectivity index (χ2n) is 9.36. The van der Waals surface area contributed by atoms with E-state index in [-0.39, 0.29) is 10.8 Å². The number of hydrogen-bond donors (Lipinski definition) is 1. The van der Waals surface area contributed by atoms with Crippen molar-refractivity contribution in [2.24, 2.45) is 0 Å². The van der Waals surface area contributed by atoms with E-state index in [2.05, 4.69) is 77.1 Å². The smallest absolute Gasteiger partial charge is 0.126 e. The highest BCUT2D eigenvalue weighted by Gasteiger charge is 2.59. The van der Waals surface area contributed by atoms with Crippen LogP contribution >= 0.6 is 0 Å². The van der Waals surface area contributed by atoms with Crippen LogP contribution in [0.4, 0.5) is 5.69 Å². The molecule has 0 bridgehead atoms. The van der Waals surface area contributed by atoms with Crippen molar-refractivity contribution in [1.82, 2.24) is 0 Å². The van der Waals surface area contributed by atoms with Crippen molar-refractivity contribution < 1.29 is 5.21 Å². The number of fused-ring (bicyclic) bond motifs is 1. The van der Waals surface area contributed by atoms with Crippen LogP contribution in [0.5, 0.6) is 0 Å². The Morgan fingerprint density at radius 2 is 1.25 bits per heavy atom. The van der Waals surface area contributed by atoms with Crippen LogP contribution in [-0.2, 0) is 16.4 Å². The summed E-state index contributed by atoms with van der Waals surface area (Å²) < 4.78 is 0. The molecule has 0 saturated carbocycles. The molecule has 0 aliphatic carbocycles. The minimum Gasteiger partial charge on any atom is -0.287 e. The van der Waals surface area contributed by atoms with E-state index in [1.165, 1.54) is 16.2 Å². The number of rotatable bonds is 2. The lowest BCUT2D eigenvalue weighted by Gasteiger charge is -2.46. The molecule has 0 aromatic heterocycles. The Kier molecular flexibility index (Phi) is 4.17. The Morgan fingerprint density at radius 3 is 1.71 bits per heavy atom. The van der Waals surface area contributed by atoms with Crippen LogP contribution in [0.25, 0.3) is 0 Å². The van der Waals surface area contributed by atoms with Gasteiger partial charge in [0, 0.05) is 5.41 Å². The Morgan fingerprint density at radius 1 is 0.750 bits per heavy atom. The molecule has 1 N–H and O–H groups in total.